The number of carbonyl (C=O) groups is 4. The molecule has 2 N–H and O–H groups in total. The zero-order chi connectivity index (χ0) is 27.2. The lowest BCUT2D eigenvalue weighted by Gasteiger charge is -2.08. The lowest BCUT2D eigenvalue weighted by molar-refractivity contribution is -0.119. The van der Waals surface area contributed by atoms with Crippen LogP contribution < -0.4 is 5.32 Å². The number of anilines is 1. The summed E-state index contributed by atoms with van der Waals surface area (Å²) in [5.41, 5.74) is 2.65. The Hall–Kier alpha value is -4.58. The topological polar surface area (TPSA) is 150 Å². The van der Waals surface area contributed by atoms with Crippen LogP contribution in [-0.2, 0) is 19.0 Å². The SMILES string of the molecule is CCOC(=O)c1sc(NC(=O)COC(=O)c2ccc3nc(-c4cccnc4)[nH]c3c2)c(C(=O)OCC)c1C. The molecule has 4 rings (SSSR count). The molecule has 0 spiro atoms. The van der Waals surface area contributed by atoms with Crippen molar-refractivity contribution in [2.24, 2.45) is 0 Å². The molecule has 38 heavy (non-hydrogen) atoms. The van der Waals surface area contributed by atoms with Gasteiger partial charge in [-0.15, -0.1) is 11.3 Å². The average Bonchev–Trinajstić information content (AvgIpc) is 3.48. The third kappa shape index (κ3) is 5.70. The Bertz CT molecular complexity index is 1510. The Balaban J connectivity index is 1.45. The molecule has 0 saturated carbocycles. The highest BCUT2D eigenvalue weighted by atomic mass is 32.1. The van der Waals surface area contributed by atoms with Gasteiger partial charge in [0.15, 0.2) is 6.61 Å². The van der Waals surface area contributed by atoms with E-state index in [1.807, 2.05) is 6.07 Å². The van der Waals surface area contributed by atoms with Gasteiger partial charge in [0.25, 0.3) is 5.91 Å². The van der Waals surface area contributed by atoms with Crippen LogP contribution in [0.4, 0.5) is 5.00 Å². The quantitative estimate of drug-likeness (QED) is 0.238. The van der Waals surface area contributed by atoms with Crippen LogP contribution >= 0.6 is 11.3 Å². The van der Waals surface area contributed by atoms with Crippen molar-refractivity contribution in [2.45, 2.75) is 20.8 Å². The molecule has 0 aliphatic heterocycles. The zero-order valence-corrected chi connectivity index (χ0v) is 21.6. The maximum absolute atomic E-state index is 12.6. The smallest absolute Gasteiger partial charge is 0.348 e. The van der Waals surface area contributed by atoms with E-state index in [1.54, 1.807) is 57.4 Å². The van der Waals surface area contributed by atoms with Gasteiger partial charge in [-0.1, -0.05) is 0 Å². The average molecular weight is 537 g/mol. The summed E-state index contributed by atoms with van der Waals surface area (Å²) in [7, 11) is 0. The number of benzene rings is 1. The molecular formula is C26H24N4O7S. The summed E-state index contributed by atoms with van der Waals surface area (Å²) < 4.78 is 15.3. The molecule has 3 heterocycles. The zero-order valence-electron chi connectivity index (χ0n) is 20.8. The Kier molecular flexibility index (Phi) is 8.12. The van der Waals surface area contributed by atoms with E-state index in [2.05, 4.69) is 20.3 Å². The minimum atomic E-state index is -0.722. The second kappa shape index (κ2) is 11.6. The van der Waals surface area contributed by atoms with Gasteiger partial charge in [-0.25, -0.2) is 19.4 Å². The second-order valence-corrected chi connectivity index (χ2v) is 8.91. The number of H-pyrrole nitrogens is 1. The molecule has 12 heteroatoms. The van der Waals surface area contributed by atoms with Gasteiger partial charge in [-0.2, -0.15) is 0 Å². The molecule has 1 aromatic carbocycles. The number of imidazole rings is 1. The number of hydrogen-bond acceptors (Lipinski definition) is 10. The molecule has 0 aliphatic carbocycles. The van der Waals surface area contributed by atoms with E-state index in [9.17, 15) is 19.2 Å². The number of pyridine rings is 1. The van der Waals surface area contributed by atoms with Crippen molar-refractivity contribution in [3.63, 3.8) is 0 Å². The monoisotopic (exact) mass is 536 g/mol. The minimum absolute atomic E-state index is 0.0497. The van der Waals surface area contributed by atoms with Crippen LogP contribution in [0.1, 0.15) is 49.8 Å². The summed E-state index contributed by atoms with van der Waals surface area (Å²) >= 11 is 0.886. The lowest BCUT2D eigenvalue weighted by atomic mass is 10.1. The van der Waals surface area contributed by atoms with Crippen LogP contribution in [-0.4, -0.2) is 58.6 Å². The van der Waals surface area contributed by atoms with Crippen molar-refractivity contribution in [1.82, 2.24) is 15.0 Å². The number of nitrogens with zero attached hydrogens (tertiary/aromatic N) is 2. The summed E-state index contributed by atoms with van der Waals surface area (Å²) in [4.78, 5) is 61.9. The number of thiophene rings is 1. The van der Waals surface area contributed by atoms with E-state index in [-0.39, 0.29) is 34.2 Å². The largest absolute Gasteiger partial charge is 0.462 e. The van der Waals surface area contributed by atoms with Gasteiger partial charge in [0, 0.05) is 18.0 Å². The molecule has 196 valence electrons. The molecule has 4 aromatic rings. The lowest BCUT2D eigenvalue weighted by Crippen LogP contribution is -2.21. The molecule has 3 aromatic heterocycles. The van der Waals surface area contributed by atoms with Crippen LogP contribution in [0.3, 0.4) is 0 Å². The number of nitrogens with one attached hydrogen (secondary N) is 2. The van der Waals surface area contributed by atoms with Crippen LogP contribution in [0.25, 0.3) is 22.4 Å². The van der Waals surface area contributed by atoms with Gasteiger partial charge in [-0.05, 0) is 56.7 Å². The third-order valence-electron chi connectivity index (χ3n) is 5.33. The van der Waals surface area contributed by atoms with Crippen molar-refractivity contribution in [1.29, 1.82) is 0 Å². The Morgan fingerprint density at radius 1 is 1.00 bits per heavy atom. The number of carbonyl (C=O) groups excluding carboxylic acids is 4. The summed E-state index contributed by atoms with van der Waals surface area (Å²) in [6.45, 7) is 4.51. The van der Waals surface area contributed by atoms with Crippen LogP contribution in [0.5, 0.6) is 0 Å². The Morgan fingerprint density at radius 3 is 2.47 bits per heavy atom. The summed E-state index contributed by atoms with van der Waals surface area (Å²) in [5.74, 6) is -2.12. The molecule has 0 bridgehead atoms. The molecule has 0 saturated heterocycles. The summed E-state index contributed by atoms with van der Waals surface area (Å²) in [6.07, 6.45) is 3.33. The molecule has 1 amide bonds. The highest BCUT2D eigenvalue weighted by molar-refractivity contribution is 7.18. The first-order valence-corrected chi connectivity index (χ1v) is 12.5. The van der Waals surface area contributed by atoms with Crippen LogP contribution in [0.15, 0.2) is 42.7 Å². The standard InChI is InChI=1S/C26H24N4O7S/c1-4-35-25(33)20-14(3)21(26(34)36-5-2)38-23(20)30-19(31)13-37-24(32)15-8-9-17-18(11-15)29-22(28-17)16-7-6-10-27-12-16/h6-12H,4-5,13H2,1-3H3,(H,28,29)(H,30,31). The fourth-order valence-corrected chi connectivity index (χ4v) is 4.70. The van der Waals surface area contributed by atoms with Crippen molar-refractivity contribution < 1.29 is 33.4 Å². The normalized spacial score (nSPS) is 10.7. The predicted octanol–water partition coefficient (Wildman–Crippen LogP) is 4.14. The minimum Gasteiger partial charge on any atom is -0.462 e. The maximum Gasteiger partial charge on any atom is 0.348 e. The predicted molar refractivity (Wildman–Crippen MR) is 139 cm³/mol. The highest BCUT2D eigenvalue weighted by Crippen LogP contribution is 2.34. The van der Waals surface area contributed by atoms with E-state index in [0.717, 1.165) is 16.9 Å². The first-order valence-electron chi connectivity index (χ1n) is 11.7. The number of ether oxygens (including phenoxy) is 3. The number of hydrogen-bond donors (Lipinski definition) is 2. The first-order chi connectivity index (χ1) is 18.3. The van der Waals surface area contributed by atoms with E-state index in [4.69, 9.17) is 14.2 Å². The number of amides is 1. The fraction of sp³-hybridized carbons (Fsp3) is 0.231. The highest BCUT2D eigenvalue weighted by Gasteiger charge is 2.27. The van der Waals surface area contributed by atoms with Crippen LogP contribution in [0.2, 0.25) is 0 Å². The van der Waals surface area contributed by atoms with Gasteiger partial charge < -0.3 is 24.5 Å². The van der Waals surface area contributed by atoms with Gasteiger partial charge in [0.2, 0.25) is 0 Å². The molecule has 0 fully saturated rings. The first kappa shape index (κ1) is 26.5. The number of aromatic amines is 1. The van der Waals surface area contributed by atoms with Crippen molar-refractivity contribution in [3.05, 3.63) is 64.3 Å². The summed E-state index contributed by atoms with van der Waals surface area (Å²) in [6, 6.07) is 8.44. The number of rotatable bonds is 9. The van der Waals surface area contributed by atoms with Crippen molar-refractivity contribution >= 4 is 51.2 Å². The van der Waals surface area contributed by atoms with Gasteiger partial charge in [0.05, 0.1) is 35.4 Å². The van der Waals surface area contributed by atoms with E-state index < -0.39 is 30.4 Å². The van der Waals surface area contributed by atoms with Gasteiger partial charge in [-0.3, -0.25) is 9.78 Å². The number of aromatic nitrogens is 3. The Labute approximate surface area is 221 Å². The van der Waals surface area contributed by atoms with E-state index >= 15 is 0 Å². The molecular weight excluding hydrogens is 512 g/mol. The Morgan fingerprint density at radius 2 is 1.76 bits per heavy atom. The number of esters is 3. The molecule has 0 aliphatic rings. The van der Waals surface area contributed by atoms with Crippen molar-refractivity contribution in [2.75, 3.05) is 25.1 Å². The van der Waals surface area contributed by atoms with E-state index in [0.29, 0.717) is 22.4 Å². The van der Waals surface area contributed by atoms with E-state index in [1.165, 1.54) is 0 Å². The number of fused-ring (bicyclic) bond motifs is 1. The van der Waals surface area contributed by atoms with Crippen LogP contribution in [0, 0.1) is 6.92 Å². The summed E-state index contributed by atoms with van der Waals surface area (Å²) in [5, 5.41) is 2.64. The maximum atomic E-state index is 12.6. The fourth-order valence-electron chi connectivity index (χ4n) is 3.60. The molecule has 0 atom stereocenters. The van der Waals surface area contributed by atoms with Crippen molar-refractivity contribution in [3.8, 4) is 11.4 Å². The third-order valence-corrected chi connectivity index (χ3v) is 6.51. The second-order valence-electron chi connectivity index (χ2n) is 7.88. The molecule has 0 unspecified atom stereocenters. The van der Waals surface area contributed by atoms with Gasteiger partial charge in [0.1, 0.15) is 15.7 Å². The molecule has 0 radical (unpaired) electrons. The molecule has 11 nitrogen and oxygen atoms in total. The van der Waals surface area contributed by atoms with Gasteiger partial charge >= 0.3 is 17.9 Å².